The Hall–Kier alpha value is -0.620. The lowest BCUT2D eigenvalue weighted by Gasteiger charge is -2.23. The lowest BCUT2D eigenvalue weighted by molar-refractivity contribution is -0.896. The number of piperidine rings is 1. The number of likely N-dealkylation sites (tertiary alicyclic amines) is 1. The van der Waals surface area contributed by atoms with Gasteiger partial charge in [0.15, 0.2) is 16.4 Å². The SMILES string of the molecule is O=C(C[NH+]1CCCCC1)N[C@@H]1CCS(=O)(=O)C1. The molecule has 0 aromatic heterocycles. The van der Waals surface area contributed by atoms with Gasteiger partial charge in [-0.25, -0.2) is 8.42 Å². The fourth-order valence-corrected chi connectivity index (χ4v) is 4.32. The minimum atomic E-state index is -2.90. The zero-order valence-corrected chi connectivity index (χ0v) is 10.9. The number of quaternary nitrogens is 1. The van der Waals surface area contributed by atoms with Crippen LogP contribution in [0.1, 0.15) is 25.7 Å². The van der Waals surface area contributed by atoms with Crippen LogP contribution in [0.15, 0.2) is 0 Å². The first kappa shape index (κ1) is 12.8. The summed E-state index contributed by atoms with van der Waals surface area (Å²) in [6, 6.07) is -0.156. The third kappa shape index (κ3) is 3.96. The molecule has 2 heterocycles. The summed E-state index contributed by atoms with van der Waals surface area (Å²) in [5.74, 6) is 0.340. The van der Waals surface area contributed by atoms with E-state index in [-0.39, 0.29) is 23.5 Å². The molecule has 2 aliphatic heterocycles. The average molecular weight is 261 g/mol. The van der Waals surface area contributed by atoms with E-state index in [1.165, 1.54) is 24.2 Å². The van der Waals surface area contributed by atoms with E-state index in [2.05, 4.69) is 5.32 Å². The molecule has 5 nitrogen and oxygen atoms in total. The van der Waals surface area contributed by atoms with E-state index >= 15 is 0 Å². The molecule has 0 radical (unpaired) electrons. The highest BCUT2D eigenvalue weighted by molar-refractivity contribution is 7.91. The minimum Gasteiger partial charge on any atom is -0.347 e. The highest BCUT2D eigenvalue weighted by atomic mass is 32.2. The van der Waals surface area contributed by atoms with Gasteiger partial charge in [0.1, 0.15) is 0 Å². The molecule has 98 valence electrons. The van der Waals surface area contributed by atoms with Crippen LogP contribution >= 0.6 is 0 Å². The van der Waals surface area contributed by atoms with Gasteiger partial charge in [0.25, 0.3) is 5.91 Å². The highest BCUT2D eigenvalue weighted by Gasteiger charge is 2.29. The maximum atomic E-state index is 11.8. The van der Waals surface area contributed by atoms with E-state index in [0.29, 0.717) is 13.0 Å². The van der Waals surface area contributed by atoms with Gasteiger partial charge in [-0.3, -0.25) is 4.79 Å². The Bertz CT molecular complexity index is 374. The molecule has 0 saturated carbocycles. The van der Waals surface area contributed by atoms with Gasteiger partial charge in [-0.05, 0) is 25.7 Å². The topological polar surface area (TPSA) is 67.7 Å². The van der Waals surface area contributed by atoms with Gasteiger partial charge in [-0.1, -0.05) is 0 Å². The molecule has 6 heteroatoms. The summed E-state index contributed by atoms with van der Waals surface area (Å²) in [6.45, 7) is 2.63. The smallest absolute Gasteiger partial charge is 0.275 e. The number of sulfone groups is 1. The number of hydrogen-bond donors (Lipinski definition) is 2. The minimum absolute atomic E-state index is 0.00370. The quantitative estimate of drug-likeness (QED) is 0.640. The van der Waals surface area contributed by atoms with Crippen molar-refractivity contribution in [3.05, 3.63) is 0 Å². The van der Waals surface area contributed by atoms with E-state index in [9.17, 15) is 13.2 Å². The van der Waals surface area contributed by atoms with E-state index in [1.807, 2.05) is 0 Å². The van der Waals surface area contributed by atoms with Gasteiger partial charge in [-0.2, -0.15) is 0 Å². The third-order valence-corrected chi connectivity index (χ3v) is 5.34. The van der Waals surface area contributed by atoms with Gasteiger partial charge >= 0.3 is 0 Å². The number of hydrogen-bond acceptors (Lipinski definition) is 3. The predicted octanol–water partition coefficient (Wildman–Crippen LogP) is -1.64. The van der Waals surface area contributed by atoms with Crippen molar-refractivity contribution in [2.45, 2.75) is 31.7 Å². The van der Waals surface area contributed by atoms with Crippen molar-refractivity contribution in [3.8, 4) is 0 Å². The summed E-state index contributed by atoms with van der Waals surface area (Å²) in [5.41, 5.74) is 0. The van der Waals surface area contributed by atoms with E-state index in [0.717, 1.165) is 13.1 Å². The van der Waals surface area contributed by atoms with Crippen LogP contribution in [0.25, 0.3) is 0 Å². The van der Waals surface area contributed by atoms with Crippen molar-refractivity contribution in [1.82, 2.24) is 5.32 Å². The molecule has 1 amide bonds. The van der Waals surface area contributed by atoms with Gasteiger partial charge < -0.3 is 10.2 Å². The summed E-state index contributed by atoms with van der Waals surface area (Å²) >= 11 is 0. The first-order valence-electron chi connectivity index (χ1n) is 6.38. The molecule has 2 N–H and O–H groups in total. The van der Waals surface area contributed by atoms with Crippen LogP contribution in [0.5, 0.6) is 0 Å². The first-order chi connectivity index (χ1) is 8.05. The van der Waals surface area contributed by atoms with Crippen LogP contribution in [0.3, 0.4) is 0 Å². The Balaban J connectivity index is 1.74. The summed E-state index contributed by atoms with van der Waals surface area (Å²) in [5, 5.41) is 2.84. The van der Waals surface area contributed by atoms with E-state index in [1.54, 1.807) is 0 Å². The van der Waals surface area contributed by atoms with E-state index in [4.69, 9.17) is 0 Å². The molecule has 0 aromatic carbocycles. The number of amides is 1. The molecule has 0 unspecified atom stereocenters. The van der Waals surface area contributed by atoms with Crippen LogP contribution in [0.4, 0.5) is 0 Å². The fourth-order valence-electron chi connectivity index (χ4n) is 2.64. The Morgan fingerprint density at radius 2 is 1.94 bits per heavy atom. The predicted molar refractivity (Wildman–Crippen MR) is 64.6 cm³/mol. The number of carbonyl (C=O) groups is 1. The lowest BCUT2D eigenvalue weighted by Crippen LogP contribution is -3.14. The van der Waals surface area contributed by atoms with Crippen molar-refractivity contribution >= 4 is 15.7 Å². The van der Waals surface area contributed by atoms with Crippen LogP contribution in [-0.2, 0) is 14.6 Å². The summed E-state index contributed by atoms with van der Waals surface area (Å²) < 4.78 is 22.5. The van der Waals surface area contributed by atoms with Crippen molar-refractivity contribution < 1.29 is 18.1 Å². The van der Waals surface area contributed by atoms with Crippen LogP contribution in [0.2, 0.25) is 0 Å². The maximum absolute atomic E-state index is 11.8. The Labute approximate surface area is 102 Å². The largest absolute Gasteiger partial charge is 0.347 e. The van der Waals surface area contributed by atoms with Crippen LogP contribution < -0.4 is 10.2 Å². The maximum Gasteiger partial charge on any atom is 0.275 e. The van der Waals surface area contributed by atoms with Crippen molar-refractivity contribution in [1.29, 1.82) is 0 Å². The fraction of sp³-hybridized carbons (Fsp3) is 0.909. The zero-order chi connectivity index (χ0) is 12.3. The second-order valence-corrected chi connectivity index (χ2v) is 7.38. The number of nitrogens with one attached hydrogen (secondary N) is 2. The van der Waals surface area contributed by atoms with Crippen LogP contribution in [-0.4, -0.2) is 51.5 Å². The monoisotopic (exact) mass is 261 g/mol. The van der Waals surface area contributed by atoms with Gasteiger partial charge in [0, 0.05) is 6.04 Å². The molecule has 1 atom stereocenters. The first-order valence-corrected chi connectivity index (χ1v) is 8.21. The van der Waals surface area contributed by atoms with Crippen LogP contribution in [0, 0.1) is 0 Å². The molecule has 17 heavy (non-hydrogen) atoms. The Morgan fingerprint density at radius 1 is 1.24 bits per heavy atom. The van der Waals surface area contributed by atoms with Gasteiger partial charge in [-0.15, -0.1) is 0 Å². The van der Waals surface area contributed by atoms with Gasteiger partial charge in [0.2, 0.25) is 0 Å². The summed E-state index contributed by atoms with van der Waals surface area (Å²) in [4.78, 5) is 13.1. The van der Waals surface area contributed by atoms with Crippen molar-refractivity contribution in [2.75, 3.05) is 31.1 Å². The molecular weight excluding hydrogens is 240 g/mol. The lowest BCUT2D eigenvalue weighted by atomic mass is 10.1. The van der Waals surface area contributed by atoms with Crippen molar-refractivity contribution in [3.63, 3.8) is 0 Å². The molecule has 0 aromatic rings. The number of rotatable bonds is 3. The molecule has 0 bridgehead atoms. The molecule has 2 rings (SSSR count). The van der Waals surface area contributed by atoms with Crippen molar-refractivity contribution in [2.24, 2.45) is 0 Å². The molecule has 2 aliphatic rings. The Kier molecular flexibility index (Phi) is 4.04. The normalized spacial score (nSPS) is 29.1. The zero-order valence-electron chi connectivity index (χ0n) is 10.1. The summed E-state index contributed by atoms with van der Waals surface area (Å²) in [7, 11) is -2.90. The third-order valence-electron chi connectivity index (χ3n) is 3.57. The molecule has 0 aliphatic carbocycles. The molecule has 2 fully saturated rings. The molecule has 0 spiro atoms. The molecular formula is C11H21N2O3S+. The second-order valence-electron chi connectivity index (χ2n) is 5.15. The van der Waals surface area contributed by atoms with Gasteiger partial charge in [0.05, 0.1) is 24.6 Å². The highest BCUT2D eigenvalue weighted by Crippen LogP contribution is 2.10. The number of carbonyl (C=O) groups excluding carboxylic acids is 1. The van der Waals surface area contributed by atoms with E-state index < -0.39 is 9.84 Å². The second kappa shape index (κ2) is 5.35. The summed E-state index contributed by atoms with van der Waals surface area (Å²) in [6.07, 6.45) is 4.23. The Morgan fingerprint density at radius 3 is 2.53 bits per heavy atom. The standard InChI is InChI=1S/C11H20N2O3S/c14-11(8-13-5-2-1-3-6-13)12-10-4-7-17(15,16)9-10/h10H,1-9H2,(H,12,14)/p+1/t10-/m1/s1. The average Bonchev–Trinajstić information content (AvgIpc) is 2.59. The molecule has 2 saturated heterocycles.